The summed E-state index contributed by atoms with van der Waals surface area (Å²) in [6, 6.07) is 3.52. The van der Waals surface area contributed by atoms with Gasteiger partial charge in [0.05, 0.1) is 6.61 Å². The Labute approximate surface area is 125 Å². The summed E-state index contributed by atoms with van der Waals surface area (Å²) in [5.74, 6) is 0.915. The van der Waals surface area contributed by atoms with Crippen LogP contribution in [0.3, 0.4) is 0 Å². The van der Waals surface area contributed by atoms with Crippen LogP contribution in [0, 0.1) is 5.92 Å². The van der Waals surface area contributed by atoms with Gasteiger partial charge in [0.2, 0.25) is 0 Å². The zero-order valence-electron chi connectivity index (χ0n) is 10.7. The third kappa shape index (κ3) is 4.86. The fraction of sp³-hybridized carbons (Fsp3) is 0.500. The Morgan fingerprint density at radius 3 is 2.84 bits per heavy atom. The maximum Gasteiger partial charge on any atom is 0.273 e. The first-order valence-corrected chi connectivity index (χ1v) is 5.88. The average molecular weight is 308 g/mol. The number of nitrogens with zero attached hydrogens (tertiary/aromatic N) is 1. The van der Waals surface area contributed by atoms with E-state index in [0.717, 1.165) is 13.1 Å². The average Bonchev–Trinajstić information content (AvgIpc) is 2.28. The molecule has 1 amide bonds. The molecule has 1 fully saturated rings. The Kier molecular flexibility index (Phi) is 8.47. The molecule has 0 saturated carbocycles. The standard InChI is InChI=1S/C12H17N3O2.2ClH/c1-2-17-10-4-3-5-14-11(10)12(16)15-8-9-6-13-7-9;;/h3-5,9,13H,2,6-8H2,1H3,(H,15,16);2*1H. The normalized spacial score (nSPS) is 13.5. The van der Waals surface area contributed by atoms with Crippen molar-refractivity contribution in [3.63, 3.8) is 0 Å². The van der Waals surface area contributed by atoms with Gasteiger partial charge in [-0.15, -0.1) is 24.8 Å². The highest BCUT2D eigenvalue weighted by molar-refractivity contribution is 5.94. The van der Waals surface area contributed by atoms with E-state index in [2.05, 4.69) is 15.6 Å². The molecule has 0 aliphatic carbocycles. The lowest BCUT2D eigenvalue weighted by Gasteiger charge is -2.27. The second kappa shape index (κ2) is 8.96. The summed E-state index contributed by atoms with van der Waals surface area (Å²) in [7, 11) is 0. The molecule has 0 aromatic carbocycles. The first kappa shape index (κ1) is 18.0. The molecule has 1 aromatic heterocycles. The van der Waals surface area contributed by atoms with Gasteiger partial charge in [0.25, 0.3) is 5.91 Å². The predicted octanol–water partition coefficient (Wildman–Crippen LogP) is 1.27. The van der Waals surface area contributed by atoms with E-state index < -0.39 is 0 Å². The van der Waals surface area contributed by atoms with Crippen LogP contribution >= 0.6 is 24.8 Å². The Morgan fingerprint density at radius 2 is 2.26 bits per heavy atom. The number of aromatic nitrogens is 1. The second-order valence-corrected chi connectivity index (χ2v) is 4.02. The molecule has 0 atom stereocenters. The predicted molar refractivity (Wildman–Crippen MR) is 78.6 cm³/mol. The van der Waals surface area contributed by atoms with Gasteiger partial charge < -0.3 is 15.4 Å². The Bertz CT molecular complexity index is 400. The summed E-state index contributed by atoms with van der Waals surface area (Å²) >= 11 is 0. The number of ether oxygens (including phenoxy) is 1. The third-order valence-electron chi connectivity index (χ3n) is 2.70. The summed E-state index contributed by atoms with van der Waals surface area (Å²) < 4.78 is 5.37. The Hall–Kier alpha value is -1.04. The summed E-state index contributed by atoms with van der Waals surface area (Å²) in [6.45, 7) is 5.04. The fourth-order valence-corrected chi connectivity index (χ4v) is 1.65. The van der Waals surface area contributed by atoms with Crippen LogP contribution in [0.4, 0.5) is 0 Å². The molecule has 1 aliphatic rings. The number of rotatable bonds is 5. The van der Waals surface area contributed by atoms with E-state index >= 15 is 0 Å². The van der Waals surface area contributed by atoms with Crippen molar-refractivity contribution in [1.82, 2.24) is 15.6 Å². The van der Waals surface area contributed by atoms with Crippen LogP contribution in [-0.2, 0) is 0 Å². The van der Waals surface area contributed by atoms with Crippen molar-refractivity contribution in [1.29, 1.82) is 0 Å². The van der Waals surface area contributed by atoms with Crippen molar-refractivity contribution in [2.24, 2.45) is 5.92 Å². The molecule has 7 heteroatoms. The smallest absolute Gasteiger partial charge is 0.273 e. The summed E-state index contributed by atoms with van der Waals surface area (Å²) in [4.78, 5) is 16.0. The third-order valence-corrected chi connectivity index (χ3v) is 2.70. The van der Waals surface area contributed by atoms with E-state index in [9.17, 15) is 4.79 Å². The Morgan fingerprint density at radius 1 is 1.53 bits per heavy atom. The molecule has 108 valence electrons. The number of nitrogens with one attached hydrogen (secondary N) is 2. The highest BCUT2D eigenvalue weighted by atomic mass is 35.5. The van der Waals surface area contributed by atoms with Crippen LogP contribution in [0.1, 0.15) is 17.4 Å². The molecule has 0 spiro atoms. The number of amides is 1. The maximum atomic E-state index is 11.9. The number of halogens is 2. The van der Waals surface area contributed by atoms with Gasteiger partial charge in [-0.2, -0.15) is 0 Å². The van der Waals surface area contributed by atoms with Crippen LogP contribution in [0.15, 0.2) is 18.3 Å². The van der Waals surface area contributed by atoms with Gasteiger partial charge in [-0.05, 0) is 19.1 Å². The van der Waals surface area contributed by atoms with E-state index in [4.69, 9.17) is 4.74 Å². The molecule has 2 rings (SSSR count). The van der Waals surface area contributed by atoms with Crippen molar-refractivity contribution in [3.05, 3.63) is 24.0 Å². The van der Waals surface area contributed by atoms with Crippen molar-refractivity contribution < 1.29 is 9.53 Å². The molecule has 0 unspecified atom stereocenters. The van der Waals surface area contributed by atoms with E-state index in [1.54, 1.807) is 18.3 Å². The molecule has 1 saturated heterocycles. The van der Waals surface area contributed by atoms with Crippen LogP contribution in [0.2, 0.25) is 0 Å². The van der Waals surface area contributed by atoms with Gasteiger partial charge in [0.15, 0.2) is 11.4 Å². The summed E-state index contributed by atoms with van der Waals surface area (Å²) in [5.41, 5.74) is 0.363. The first-order valence-electron chi connectivity index (χ1n) is 5.88. The fourth-order valence-electron chi connectivity index (χ4n) is 1.65. The lowest BCUT2D eigenvalue weighted by Crippen LogP contribution is -2.48. The summed E-state index contributed by atoms with van der Waals surface area (Å²) in [6.07, 6.45) is 1.60. The first-order chi connectivity index (χ1) is 8.31. The van der Waals surface area contributed by atoms with Gasteiger partial charge in [0.1, 0.15) is 0 Å². The number of hydrogen-bond acceptors (Lipinski definition) is 4. The number of hydrogen-bond donors (Lipinski definition) is 2. The van der Waals surface area contributed by atoms with Gasteiger partial charge in [-0.1, -0.05) is 0 Å². The quantitative estimate of drug-likeness (QED) is 0.860. The van der Waals surface area contributed by atoms with E-state index in [0.29, 0.717) is 30.5 Å². The molecule has 5 nitrogen and oxygen atoms in total. The molecule has 19 heavy (non-hydrogen) atoms. The topological polar surface area (TPSA) is 63.2 Å². The van der Waals surface area contributed by atoms with Crippen LogP contribution in [0.25, 0.3) is 0 Å². The second-order valence-electron chi connectivity index (χ2n) is 4.02. The molecule has 1 aromatic rings. The Balaban J connectivity index is 0.00000162. The highest BCUT2D eigenvalue weighted by Crippen LogP contribution is 2.15. The van der Waals surface area contributed by atoms with Crippen LogP contribution < -0.4 is 15.4 Å². The molecule has 1 aliphatic heterocycles. The van der Waals surface area contributed by atoms with Gasteiger partial charge >= 0.3 is 0 Å². The summed E-state index contributed by atoms with van der Waals surface area (Å²) in [5, 5.41) is 6.04. The SMILES string of the molecule is CCOc1cccnc1C(=O)NCC1CNC1.Cl.Cl. The molecular formula is C12H19Cl2N3O2. The highest BCUT2D eigenvalue weighted by Gasteiger charge is 2.19. The van der Waals surface area contributed by atoms with E-state index in [1.807, 2.05) is 6.92 Å². The number of pyridine rings is 1. The molecule has 2 N–H and O–H groups in total. The minimum atomic E-state index is -0.166. The molecular weight excluding hydrogens is 289 g/mol. The number of carbonyl (C=O) groups is 1. The van der Waals surface area contributed by atoms with Gasteiger partial charge in [-0.25, -0.2) is 4.98 Å². The lowest BCUT2D eigenvalue weighted by atomic mass is 10.0. The van der Waals surface area contributed by atoms with Crippen LogP contribution in [0.5, 0.6) is 5.75 Å². The minimum Gasteiger partial charge on any atom is -0.491 e. The van der Waals surface area contributed by atoms with Crippen molar-refractivity contribution in [2.75, 3.05) is 26.2 Å². The van der Waals surface area contributed by atoms with E-state index in [1.165, 1.54) is 0 Å². The molecule has 0 radical (unpaired) electrons. The lowest BCUT2D eigenvalue weighted by molar-refractivity contribution is 0.0933. The van der Waals surface area contributed by atoms with Crippen molar-refractivity contribution >= 4 is 30.7 Å². The zero-order valence-corrected chi connectivity index (χ0v) is 12.4. The van der Waals surface area contributed by atoms with Crippen molar-refractivity contribution in [3.8, 4) is 5.75 Å². The largest absolute Gasteiger partial charge is 0.491 e. The molecule has 0 bridgehead atoms. The monoisotopic (exact) mass is 307 g/mol. The van der Waals surface area contributed by atoms with E-state index in [-0.39, 0.29) is 30.7 Å². The van der Waals surface area contributed by atoms with Gasteiger partial charge in [-0.3, -0.25) is 4.79 Å². The maximum absolute atomic E-state index is 11.9. The van der Waals surface area contributed by atoms with Gasteiger partial charge in [0, 0.05) is 31.7 Å². The van der Waals surface area contributed by atoms with Crippen molar-refractivity contribution in [2.45, 2.75) is 6.92 Å². The number of carbonyl (C=O) groups excluding carboxylic acids is 1. The minimum absolute atomic E-state index is 0. The van der Waals surface area contributed by atoms with Crippen LogP contribution in [-0.4, -0.2) is 37.1 Å². The molecule has 2 heterocycles. The zero-order chi connectivity index (χ0) is 12.1.